The first-order valence-electron chi connectivity index (χ1n) is 8.35. The maximum atomic E-state index is 12.5. The van der Waals surface area contributed by atoms with Gasteiger partial charge in [0.05, 0.1) is 16.8 Å². The predicted molar refractivity (Wildman–Crippen MR) is 107 cm³/mol. The molecule has 0 unspecified atom stereocenters. The lowest BCUT2D eigenvalue weighted by Gasteiger charge is -2.39. The summed E-state index contributed by atoms with van der Waals surface area (Å²) in [6.45, 7) is 18.9. The predicted octanol–water partition coefficient (Wildman–Crippen LogP) is 5.05. The van der Waals surface area contributed by atoms with E-state index < -0.39 is 18.2 Å². The van der Waals surface area contributed by atoms with Crippen molar-refractivity contribution in [1.82, 2.24) is 5.06 Å². The summed E-state index contributed by atoms with van der Waals surface area (Å²) in [4.78, 5) is 0.275. The lowest BCUT2D eigenvalue weighted by molar-refractivity contribution is -0.0144. The molecule has 0 bridgehead atoms. The van der Waals surface area contributed by atoms with Crippen LogP contribution in [0, 0.1) is 6.92 Å². The maximum Gasteiger partial charge on any atom is 0.228 e. The molecule has 0 atom stereocenters. The molecule has 0 saturated carbocycles. The Hall–Kier alpha value is -1.37. The van der Waals surface area contributed by atoms with Crippen LogP contribution in [0.2, 0.25) is 18.1 Å². The molecule has 0 amide bonds. The number of nitrogens with zero attached hydrogens (tertiary/aromatic N) is 1. The highest BCUT2D eigenvalue weighted by Gasteiger charge is 2.39. The summed E-state index contributed by atoms with van der Waals surface area (Å²) in [7, 11) is -5.59. The standard InChI is InChI=1S/C19H31NO3SSi/c1-16(2)15-20(23-25(7,8)19(4,5)6)13-14-24(21,22)18-11-9-17(3)10-12-18/h9-14H,1,15H2,2-8H3/b14-13+. The van der Waals surface area contributed by atoms with Crippen LogP contribution in [-0.2, 0) is 14.4 Å². The molecular formula is C19H31NO3SSi. The molecule has 0 saturated heterocycles. The van der Waals surface area contributed by atoms with Gasteiger partial charge >= 0.3 is 0 Å². The maximum absolute atomic E-state index is 12.5. The van der Waals surface area contributed by atoms with E-state index in [1.165, 1.54) is 11.6 Å². The van der Waals surface area contributed by atoms with Crippen LogP contribution in [0.15, 0.2) is 52.9 Å². The number of aryl methyl sites for hydroxylation is 1. The topological polar surface area (TPSA) is 46.6 Å². The van der Waals surface area contributed by atoms with Crippen LogP contribution < -0.4 is 0 Å². The largest absolute Gasteiger partial charge is 0.320 e. The highest BCUT2D eigenvalue weighted by molar-refractivity contribution is 7.94. The summed E-state index contributed by atoms with van der Waals surface area (Å²) in [6.07, 6.45) is 1.50. The summed E-state index contributed by atoms with van der Waals surface area (Å²) in [5, 5.41) is 2.82. The fourth-order valence-corrected chi connectivity index (χ4v) is 3.72. The zero-order chi connectivity index (χ0) is 19.5. The molecule has 0 spiro atoms. The van der Waals surface area contributed by atoms with E-state index in [1.807, 2.05) is 13.8 Å². The quantitative estimate of drug-likeness (QED) is 0.376. The van der Waals surface area contributed by atoms with Gasteiger partial charge in [0.15, 0.2) is 0 Å². The number of sulfone groups is 1. The number of rotatable bonds is 7. The van der Waals surface area contributed by atoms with E-state index in [1.54, 1.807) is 29.3 Å². The Labute approximate surface area is 154 Å². The van der Waals surface area contributed by atoms with Crippen molar-refractivity contribution in [2.24, 2.45) is 0 Å². The zero-order valence-corrected chi connectivity index (χ0v) is 18.3. The van der Waals surface area contributed by atoms with Crippen molar-refractivity contribution in [3.8, 4) is 0 Å². The second-order valence-electron chi connectivity index (χ2n) is 8.03. The average molecular weight is 382 g/mol. The van der Waals surface area contributed by atoms with Crippen molar-refractivity contribution < 1.29 is 12.9 Å². The van der Waals surface area contributed by atoms with Crippen molar-refractivity contribution >= 4 is 18.2 Å². The first kappa shape index (κ1) is 21.7. The molecule has 0 aliphatic rings. The minimum Gasteiger partial charge on any atom is -0.320 e. The number of hydrogen-bond donors (Lipinski definition) is 0. The molecule has 4 nitrogen and oxygen atoms in total. The van der Waals surface area contributed by atoms with E-state index in [4.69, 9.17) is 4.53 Å². The Morgan fingerprint density at radius 2 is 1.76 bits per heavy atom. The van der Waals surface area contributed by atoms with Crippen molar-refractivity contribution in [3.63, 3.8) is 0 Å². The van der Waals surface area contributed by atoms with Gasteiger partial charge in [0, 0.05) is 6.20 Å². The molecule has 1 aromatic rings. The van der Waals surface area contributed by atoms with Gasteiger partial charge in [-0.2, -0.15) is 0 Å². The number of hydroxylamine groups is 2. The van der Waals surface area contributed by atoms with Gasteiger partial charge in [0.25, 0.3) is 0 Å². The normalized spacial score (nSPS) is 13.2. The smallest absolute Gasteiger partial charge is 0.228 e. The summed E-state index contributed by atoms with van der Waals surface area (Å²) < 4.78 is 31.3. The summed E-state index contributed by atoms with van der Waals surface area (Å²) in [5.41, 5.74) is 1.92. The third-order valence-electron chi connectivity index (χ3n) is 4.33. The van der Waals surface area contributed by atoms with Gasteiger partial charge < -0.3 is 4.53 Å². The van der Waals surface area contributed by atoms with Crippen LogP contribution in [-0.4, -0.2) is 28.3 Å². The fraction of sp³-hybridized carbons (Fsp3) is 0.474. The second kappa shape index (κ2) is 7.89. The van der Waals surface area contributed by atoms with Crippen molar-refractivity contribution in [2.45, 2.75) is 57.6 Å². The Morgan fingerprint density at radius 1 is 1.24 bits per heavy atom. The molecule has 25 heavy (non-hydrogen) atoms. The Morgan fingerprint density at radius 3 is 2.20 bits per heavy atom. The third kappa shape index (κ3) is 6.45. The van der Waals surface area contributed by atoms with Gasteiger partial charge in [0.2, 0.25) is 18.2 Å². The van der Waals surface area contributed by atoms with Crippen LogP contribution in [0.5, 0.6) is 0 Å². The minimum absolute atomic E-state index is 0.0179. The minimum atomic E-state index is -3.52. The second-order valence-corrected chi connectivity index (χ2v) is 14.6. The van der Waals surface area contributed by atoms with Gasteiger partial charge in [-0.05, 0) is 44.1 Å². The van der Waals surface area contributed by atoms with Gasteiger partial charge in [-0.15, -0.1) is 0 Å². The van der Waals surface area contributed by atoms with Gasteiger partial charge in [-0.3, -0.25) is 5.06 Å². The SMILES string of the molecule is C=C(C)CN(/C=C/S(=O)(=O)c1ccc(C)cc1)O[Si](C)(C)C(C)(C)C. The zero-order valence-electron chi connectivity index (χ0n) is 16.5. The molecule has 0 aliphatic carbocycles. The lowest BCUT2D eigenvalue weighted by atomic mass is 10.2. The summed E-state index contributed by atoms with van der Waals surface area (Å²) in [6, 6.07) is 6.82. The lowest BCUT2D eigenvalue weighted by Crippen LogP contribution is -2.45. The number of benzene rings is 1. The van der Waals surface area contributed by atoms with Crippen molar-refractivity contribution in [1.29, 1.82) is 0 Å². The molecule has 0 fully saturated rings. The van der Waals surface area contributed by atoms with Crippen LogP contribution in [0.4, 0.5) is 0 Å². The number of hydrogen-bond acceptors (Lipinski definition) is 4. The van der Waals surface area contributed by atoms with E-state index in [0.717, 1.165) is 11.1 Å². The Bertz CT molecular complexity index is 729. The highest BCUT2D eigenvalue weighted by atomic mass is 32.2. The van der Waals surface area contributed by atoms with Gasteiger partial charge in [-0.25, -0.2) is 8.42 Å². The molecule has 140 valence electrons. The van der Waals surface area contributed by atoms with E-state index in [2.05, 4.69) is 40.4 Å². The molecule has 0 N–H and O–H groups in total. The molecule has 1 aromatic carbocycles. The first-order valence-corrected chi connectivity index (χ1v) is 12.8. The van der Waals surface area contributed by atoms with E-state index in [-0.39, 0.29) is 9.93 Å². The monoisotopic (exact) mass is 381 g/mol. The van der Waals surface area contributed by atoms with E-state index >= 15 is 0 Å². The third-order valence-corrected chi connectivity index (χ3v) is 10.0. The van der Waals surface area contributed by atoms with Crippen LogP contribution in [0.1, 0.15) is 33.3 Å². The fourth-order valence-electron chi connectivity index (χ4n) is 1.77. The molecule has 0 radical (unpaired) electrons. The Balaban J connectivity index is 3.07. The highest BCUT2D eigenvalue weighted by Crippen LogP contribution is 2.37. The molecule has 1 rings (SSSR count). The first-order chi connectivity index (χ1) is 11.2. The van der Waals surface area contributed by atoms with E-state index in [0.29, 0.717) is 6.54 Å². The van der Waals surface area contributed by atoms with Crippen molar-refractivity contribution in [2.75, 3.05) is 6.54 Å². The van der Waals surface area contributed by atoms with Crippen molar-refractivity contribution in [3.05, 3.63) is 53.6 Å². The van der Waals surface area contributed by atoms with Gasteiger partial charge in [0.1, 0.15) is 0 Å². The van der Waals surface area contributed by atoms with Crippen LogP contribution in [0.25, 0.3) is 0 Å². The molecule has 0 aliphatic heterocycles. The average Bonchev–Trinajstić information content (AvgIpc) is 2.43. The molecule has 0 heterocycles. The van der Waals surface area contributed by atoms with E-state index in [9.17, 15) is 8.42 Å². The van der Waals surface area contributed by atoms with Gasteiger partial charge in [-0.1, -0.05) is 50.6 Å². The molecule has 6 heteroatoms. The van der Waals surface area contributed by atoms with Crippen LogP contribution >= 0.6 is 0 Å². The summed E-state index contributed by atoms with van der Waals surface area (Å²) >= 11 is 0. The molecular weight excluding hydrogens is 350 g/mol. The Kier molecular flexibility index (Phi) is 6.84. The molecule has 0 aromatic heterocycles. The summed E-state index contributed by atoms with van der Waals surface area (Å²) in [5.74, 6) is 0. The van der Waals surface area contributed by atoms with Crippen LogP contribution in [0.3, 0.4) is 0 Å².